The minimum Gasteiger partial charge on any atom is -0.494 e. The molecule has 0 radical (unpaired) electrons. The first-order valence-corrected chi connectivity index (χ1v) is 7.00. The van der Waals surface area contributed by atoms with Gasteiger partial charge in [-0.1, -0.05) is 18.2 Å². The van der Waals surface area contributed by atoms with E-state index in [0.717, 1.165) is 37.2 Å². The highest BCUT2D eigenvalue weighted by Gasteiger charge is 2.20. The van der Waals surface area contributed by atoms with E-state index < -0.39 is 0 Å². The Bertz CT molecular complexity index is 420. The Hall–Kier alpha value is -1.26. The molecule has 5 heteroatoms. The van der Waals surface area contributed by atoms with Crippen LogP contribution < -0.4 is 15.4 Å². The van der Waals surface area contributed by atoms with E-state index in [4.69, 9.17) is 4.74 Å². The van der Waals surface area contributed by atoms with Crippen LogP contribution in [0.5, 0.6) is 5.75 Å². The summed E-state index contributed by atoms with van der Waals surface area (Å²) in [5, 5.41) is 6.29. The third kappa shape index (κ3) is 4.69. The summed E-state index contributed by atoms with van der Waals surface area (Å²) in [7, 11) is 0. The van der Waals surface area contributed by atoms with Gasteiger partial charge in [0.2, 0.25) is 5.91 Å². The van der Waals surface area contributed by atoms with E-state index in [1.54, 1.807) is 0 Å². The van der Waals surface area contributed by atoms with E-state index >= 15 is 0 Å². The van der Waals surface area contributed by atoms with Crippen molar-refractivity contribution in [2.75, 3.05) is 19.7 Å². The molecule has 1 aromatic carbocycles. The molecule has 1 aliphatic heterocycles. The maximum Gasteiger partial charge on any atom is 0.223 e. The number of carbonyl (C=O) groups is 1. The molecule has 0 atom stereocenters. The molecule has 1 aliphatic rings. The van der Waals surface area contributed by atoms with Crippen molar-refractivity contribution in [1.29, 1.82) is 0 Å². The summed E-state index contributed by atoms with van der Waals surface area (Å²) in [4.78, 5) is 12.1. The number of carbonyl (C=O) groups excluding carboxylic acids is 1. The zero-order chi connectivity index (χ0) is 13.5. The SMILES string of the molecule is CCOc1ccccc1CNC(=O)C1CCNCC1.Cl. The van der Waals surface area contributed by atoms with Gasteiger partial charge in [0.25, 0.3) is 0 Å². The predicted octanol–water partition coefficient (Wildman–Crippen LogP) is 2.12. The van der Waals surface area contributed by atoms with E-state index in [1.165, 1.54) is 0 Å². The van der Waals surface area contributed by atoms with Crippen LogP contribution in [0.3, 0.4) is 0 Å². The molecule has 0 saturated carbocycles. The van der Waals surface area contributed by atoms with Crippen LogP contribution in [0, 0.1) is 5.92 Å². The highest BCUT2D eigenvalue weighted by Crippen LogP contribution is 2.18. The molecule has 4 nitrogen and oxygen atoms in total. The first-order valence-electron chi connectivity index (χ1n) is 7.00. The van der Waals surface area contributed by atoms with Gasteiger partial charge in [0.1, 0.15) is 5.75 Å². The van der Waals surface area contributed by atoms with Gasteiger partial charge in [-0.3, -0.25) is 4.79 Å². The molecular formula is C15H23ClN2O2. The first kappa shape index (κ1) is 16.8. The standard InChI is InChI=1S/C15H22N2O2.ClH/c1-2-19-14-6-4-3-5-13(14)11-17-15(18)12-7-9-16-10-8-12;/h3-6,12,16H,2,7-11H2,1H3,(H,17,18);1H. The van der Waals surface area contributed by atoms with E-state index in [-0.39, 0.29) is 24.2 Å². The zero-order valence-electron chi connectivity index (χ0n) is 11.9. The van der Waals surface area contributed by atoms with Gasteiger partial charge in [0, 0.05) is 18.0 Å². The average molecular weight is 299 g/mol. The van der Waals surface area contributed by atoms with Crippen LogP contribution >= 0.6 is 12.4 Å². The summed E-state index contributed by atoms with van der Waals surface area (Å²) >= 11 is 0. The molecule has 1 fully saturated rings. The lowest BCUT2D eigenvalue weighted by Crippen LogP contribution is -2.37. The summed E-state index contributed by atoms with van der Waals surface area (Å²) in [5.74, 6) is 1.17. The van der Waals surface area contributed by atoms with Crippen LogP contribution in [0.25, 0.3) is 0 Å². The summed E-state index contributed by atoms with van der Waals surface area (Å²) in [6, 6.07) is 7.85. The van der Waals surface area contributed by atoms with Gasteiger partial charge in [-0.15, -0.1) is 12.4 Å². The average Bonchev–Trinajstić information content (AvgIpc) is 2.47. The van der Waals surface area contributed by atoms with Gasteiger partial charge in [-0.25, -0.2) is 0 Å². The van der Waals surface area contributed by atoms with E-state index in [2.05, 4.69) is 10.6 Å². The summed E-state index contributed by atoms with van der Waals surface area (Å²) in [6.45, 7) is 5.02. The van der Waals surface area contributed by atoms with Crippen molar-refractivity contribution in [2.45, 2.75) is 26.3 Å². The molecule has 0 aromatic heterocycles. The van der Waals surface area contributed by atoms with Crippen molar-refractivity contribution in [2.24, 2.45) is 5.92 Å². The van der Waals surface area contributed by atoms with Crippen LogP contribution in [0.1, 0.15) is 25.3 Å². The van der Waals surface area contributed by atoms with Crippen LogP contribution in [0.15, 0.2) is 24.3 Å². The number of piperidine rings is 1. The van der Waals surface area contributed by atoms with Crippen molar-refractivity contribution < 1.29 is 9.53 Å². The fourth-order valence-corrected chi connectivity index (χ4v) is 2.36. The van der Waals surface area contributed by atoms with Crippen molar-refractivity contribution in [3.05, 3.63) is 29.8 Å². The van der Waals surface area contributed by atoms with Gasteiger partial charge in [-0.05, 0) is 38.9 Å². The van der Waals surface area contributed by atoms with Gasteiger partial charge in [-0.2, -0.15) is 0 Å². The molecule has 1 aromatic rings. The minimum atomic E-state index is 0. The lowest BCUT2D eigenvalue weighted by atomic mass is 9.97. The van der Waals surface area contributed by atoms with Gasteiger partial charge in [0.05, 0.1) is 6.61 Å². The maximum absolute atomic E-state index is 12.1. The molecule has 0 aliphatic carbocycles. The Kier molecular flexibility index (Phi) is 7.41. The highest BCUT2D eigenvalue weighted by atomic mass is 35.5. The third-order valence-electron chi connectivity index (χ3n) is 3.44. The van der Waals surface area contributed by atoms with Crippen LogP contribution in [-0.2, 0) is 11.3 Å². The first-order chi connectivity index (χ1) is 9.31. The second kappa shape index (κ2) is 8.82. The highest BCUT2D eigenvalue weighted by molar-refractivity contribution is 5.85. The second-order valence-electron chi connectivity index (χ2n) is 4.78. The Morgan fingerprint density at radius 1 is 1.35 bits per heavy atom. The molecule has 0 spiro atoms. The predicted molar refractivity (Wildman–Crippen MR) is 82.3 cm³/mol. The molecule has 20 heavy (non-hydrogen) atoms. The summed E-state index contributed by atoms with van der Waals surface area (Å²) < 4.78 is 5.55. The topological polar surface area (TPSA) is 50.4 Å². The molecular weight excluding hydrogens is 276 g/mol. The van der Waals surface area contributed by atoms with Gasteiger partial charge < -0.3 is 15.4 Å². The lowest BCUT2D eigenvalue weighted by Gasteiger charge is -2.22. The number of hydrogen-bond donors (Lipinski definition) is 2. The number of nitrogens with one attached hydrogen (secondary N) is 2. The van der Waals surface area contributed by atoms with Crippen molar-refractivity contribution in [1.82, 2.24) is 10.6 Å². The number of ether oxygens (including phenoxy) is 1. The quantitative estimate of drug-likeness (QED) is 0.875. The van der Waals surface area contributed by atoms with E-state index in [1.807, 2.05) is 31.2 Å². The van der Waals surface area contributed by atoms with Crippen molar-refractivity contribution in [3.63, 3.8) is 0 Å². The van der Waals surface area contributed by atoms with E-state index in [9.17, 15) is 4.79 Å². The number of amides is 1. The van der Waals surface area contributed by atoms with Crippen LogP contribution in [0.4, 0.5) is 0 Å². The number of benzene rings is 1. The minimum absolute atomic E-state index is 0. The van der Waals surface area contributed by atoms with Crippen molar-refractivity contribution >= 4 is 18.3 Å². The van der Waals surface area contributed by atoms with Crippen LogP contribution in [0.2, 0.25) is 0 Å². The number of hydrogen-bond acceptors (Lipinski definition) is 3. The Labute approximate surface area is 126 Å². The Morgan fingerprint density at radius 2 is 2.05 bits per heavy atom. The van der Waals surface area contributed by atoms with Gasteiger partial charge in [0.15, 0.2) is 0 Å². The molecule has 1 saturated heterocycles. The maximum atomic E-state index is 12.1. The molecule has 0 bridgehead atoms. The van der Waals surface area contributed by atoms with E-state index in [0.29, 0.717) is 13.2 Å². The smallest absolute Gasteiger partial charge is 0.223 e. The number of para-hydroxylation sites is 1. The molecule has 2 N–H and O–H groups in total. The zero-order valence-corrected chi connectivity index (χ0v) is 12.7. The van der Waals surface area contributed by atoms with Gasteiger partial charge >= 0.3 is 0 Å². The Morgan fingerprint density at radius 3 is 2.75 bits per heavy atom. The van der Waals surface area contributed by atoms with Crippen molar-refractivity contribution in [3.8, 4) is 5.75 Å². The fraction of sp³-hybridized carbons (Fsp3) is 0.533. The summed E-state index contributed by atoms with van der Waals surface area (Å²) in [5.41, 5.74) is 1.03. The second-order valence-corrected chi connectivity index (χ2v) is 4.78. The largest absolute Gasteiger partial charge is 0.494 e. The third-order valence-corrected chi connectivity index (χ3v) is 3.44. The number of halogens is 1. The molecule has 1 heterocycles. The summed E-state index contributed by atoms with van der Waals surface area (Å²) in [6.07, 6.45) is 1.86. The lowest BCUT2D eigenvalue weighted by molar-refractivity contribution is -0.125. The normalized spacial score (nSPS) is 15.2. The Balaban J connectivity index is 0.00000200. The fourth-order valence-electron chi connectivity index (χ4n) is 2.36. The molecule has 2 rings (SSSR count). The van der Waals surface area contributed by atoms with Crippen LogP contribution in [-0.4, -0.2) is 25.6 Å². The molecule has 0 unspecified atom stereocenters. The number of rotatable bonds is 5. The monoisotopic (exact) mass is 298 g/mol. The molecule has 1 amide bonds. The molecule has 112 valence electrons.